The minimum absolute atomic E-state index is 0.170. The number of ether oxygens (including phenoxy) is 1. The predicted molar refractivity (Wildman–Crippen MR) is 93.6 cm³/mol. The van der Waals surface area contributed by atoms with Crippen LogP contribution in [-0.2, 0) is 10.2 Å². The van der Waals surface area contributed by atoms with Crippen LogP contribution >= 0.6 is 15.9 Å². The van der Waals surface area contributed by atoms with Gasteiger partial charge in [0.25, 0.3) is 0 Å². The fourth-order valence-electron chi connectivity index (χ4n) is 3.10. The molecule has 4 heteroatoms. The lowest BCUT2D eigenvalue weighted by atomic mass is 9.71. The van der Waals surface area contributed by atoms with Crippen molar-refractivity contribution in [3.8, 4) is 0 Å². The molecule has 1 aliphatic heterocycles. The number of benzene rings is 1. The number of alkyl halides is 1. The number of carbonyl (C=O) groups excluding carboxylic acids is 1. The molecule has 1 fully saturated rings. The smallest absolute Gasteiger partial charge is 0.410 e. The van der Waals surface area contributed by atoms with Crippen molar-refractivity contribution in [1.82, 2.24) is 4.90 Å². The Kier molecular flexibility index (Phi) is 5.54. The molecule has 22 heavy (non-hydrogen) atoms. The quantitative estimate of drug-likeness (QED) is 0.722. The van der Waals surface area contributed by atoms with E-state index >= 15 is 0 Å². The van der Waals surface area contributed by atoms with E-state index in [1.54, 1.807) is 0 Å². The molecule has 0 spiro atoms. The van der Waals surface area contributed by atoms with Crippen LogP contribution < -0.4 is 0 Å². The van der Waals surface area contributed by atoms with E-state index in [0.29, 0.717) is 0 Å². The SMILES string of the molecule is CC(C)(C)OC(=O)N1CCC(CCBr)(c2ccccc2)CC1. The van der Waals surface area contributed by atoms with Gasteiger partial charge in [0.15, 0.2) is 0 Å². The van der Waals surface area contributed by atoms with Crippen LogP contribution in [0.1, 0.15) is 45.6 Å². The Morgan fingerprint density at radius 2 is 1.82 bits per heavy atom. The molecule has 2 rings (SSSR count). The topological polar surface area (TPSA) is 29.5 Å². The summed E-state index contributed by atoms with van der Waals surface area (Å²) in [5.41, 5.74) is 1.13. The Bertz CT molecular complexity index is 488. The molecule has 1 amide bonds. The van der Waals surface area contributed by atoms with E-state index in [0.717, 1.165) is 37.7 Å². The first kappa shape index (κ1) is 17.3. The fraction of sp³-hybridized carbons (Fsp3) is 0.611. The van der Waals surface area contributed by atoms with Gasteiger partial charge in [0, 0.05) is 18.4 Å². The summed E-state index contributed by atoms with van der Waals surface area (Å²) in [6.07, 6.45) is 2.89. The maximum absolute atomic E-state index is 12.2. The Hall–Kier alpha value is -1.03. The van der Waals surface area contributed by atoms with Gasteiger partial charge >= 0.3 is 6.09 Å². The maximum Gasteiger partial charge on any atom is 0.410 e. The standard InChI is InChI=1S/C18H26BrNO2/c1-17(2,3)22-16(21)20-13-10-18(9-12-19,11-14-20)15-7-5-4-6-8-15/h4-8H,9-14H2,1-3H3. The third-order valence-corrected chi connectivity index (χ3v) is 4.73. The van der Waals surface area contributed by atoms with Crippen LogP contribution in [0.5, 0.6) is 0 Å². The lowest BCUT2D eigenvalue weighted by Crippen LogP contribution is -2.47. The van der Waals surface area contributed by atoms with Crippen molar-refractivity contribution < 1.29 is 9.53 Å². The molecule has 0 radical (unpaired) electrons. The highest BCUT2D eigenvalue weighted by atomic mass is 79.9. The summed E-state index contributed by atoms with van der Waals surface area (Å²) in [6, 6.07) is 10.7. The molecule has 0 bridgehead atoms. The Labute approximate surface area is 142 Å². The number of piperidine rings is 1. The average molecular weight is 368 g/mol. The third kappa shape index (κ3) is 4.25. The highest BCUT2D eigenvalue weighted by molar-refractivity contribution is 9.09. The lowest BCUT2D eigenvalue weighted by molar-refractivity contribution is 0.0162. The van der Waals surface area contributed by atoms with Crippen molar-refractivity contribution in [3.05, 3.63) is 35.9 Å². The third-order valence-electron chi connectivity index (χ3n) is 4.33. The van der Waals surface area contributed by atoms with Crippen LogP contribution in [0.4, 0.5) is 4.79 Å². The highest BCUT2D eigenvalue weighted by Gasteiger charge is 2.37. The summed E-state index contributed by atoms with van der Waals surface area (Å²) in [7, 11) is 0. The molecule has 3 nitrogen and oxygen atoms in total. The van der Waals surface area contributed by atoms with Crippen molar-refractivity contribution in [2.24, 2.45) is 0 Å². The van der Waals surface area contributed by atoms with Gasteiger partial charge in [-0.1, -0.05) is 46.3 Å². The van der Waals surface area contributed by atoms with Gasteiger partial charge < -0.3 is 9.64 Å². The van der Waals surface area contributed by atoms with E-state index in [1.165, 1.54) is 5.56 Å². The summed E-state index contributed by atoms with van der Waals surface area (Å²) in [5, 5.41) is 0.980. The molecule has 1 aliphatic rings. The molecule has 1 saturated heterocycles. The second kappa shape index (κ2) is 7.03. The molecular formula is C18H26BrNO2. The number of hydrogen-bond donors (Lipinski definition) is 0. The first-order valence-electron chi connectivity index (χ1n) is 7.96. The molecule has 1 heterocycles. The monoisotopic (exact) mass is 367 g/mol. The first-order chi connectivity index (χ1) is 10.4. The normalized spacial score (nSPS) is 18.1. The molecule has 0 N–H and O–H groups in total. The molecule has 1 aromatic carbocycles. The highest BCUT2D eigenvalue weighted by Crippen LogP contribution is 2.39. The minimum Gasteiger partial charge on any atom is -0.444 e. The number of likely N-dealkylation sites (tertiary alicyclic amines) is 1. The maximum atomic E-state index is 12.2. The molecule has 122 valence electrons. The van der Waals surface area contributed by atoms with Gasteiger partial charge in [-0.15, -0.1) is 0 Å². The molecule has 0 saturated carbocycles. The van der Waals surface area contributed by atoms with Crippen LogP contribution in [0.3, 0.4) is 0 Å². The van der Waals surface area contributed by atoms with Crippen molar-refractivity contribution in [2.45, 2.75) is 51.0 Å². The van der Waals surface area contributed by atoms with E-state index in [9.17, 15) is 4.79 Å². The number of halogens is 1. The zero-order valence-electron chi connectivity index (χ0n) is 13.8. The summed E-state index contributed by atoms with van der Waals surface area (Å²) in [4.78, 5) is 14.1. The average Bonchev–Trinajstić information content (AvgIpc) is 2.47. The fourth-order valence-corrected chi connectivity index (χ4v) is 3.86. The van der Waals surface area contributed by atoms with Gasteiger partial charge in [-0.05, 0) is 51.0 Å². The Morgan fingerprint density at radius 1 is 1.23 bits per heavy atom. The van der Waals surface area contributed by atoms with E-state index < -0.39 is 5.60 Å². The lowest BCUT2D eigenvalue weighted by Gasteiger charge is -2.42. The van der Waals surface area contributed by atoms with Gasteiger partial charge in [0.2, 0.25) is 0 Å². The summed E-state index contributed by atoms with van der Waals surface area (Å²) in [5.74, 6) is 0. The number of hydrogen-bond acceptors (Lipinski definition) is 2. The van der Waals surface area contributed by atoms with Crippen molar-refractivity contribution in [2.75, 3.05) is 18.4 Å². The van der Waals surface area contributed by atoms with E-state index in [2.05, 4.69) is 46.3 Å². The second-order valence-electron chi connectivity index (χ2n) is 7.05. The predicted octanol–water partition coefficient (Wildman–Crippen LogP) is 4.74. The largest absolute Gasteiger partial charge is 0.444 e. The van der Waals surface area contributed by atoms with Crippen LogP contribution in [-0.4, -0.2) is 35.0 Å². The van der Waals surface area contributed by atoms with E-state index in [-0.39, 0.29) is 11.5 Å². The summed E-state index contributed by atoms with van der Waals surface area (Å²) >= 11 is 3.60. The van der Waals surface area contributed by atoms with Crippen LogP contribution in [0.2, 0.25) is 0 Å². The molecule has 0 aliphatic carbocycles. The van der Waals surface area contributed by atoms with Crippen molar-refractivity contribution in [3.63, 3.8) is 0 Å². The van der Waals surface area contributed by atoms with Crippen molar-refractivity contribution in [1.29, 1.82) is 0 Å². The van der Waals surface area contributed by atoms with E-state index in [4.69, 9.17) is 4.74 Å². The molecule has 0 atom stereocenters. The minimum atomic E-state index is -0.430. The van der Waals surface area contributed by atoms with Gasteiger partial charge in [-0.3, -0.25) is 0 Å². The molecular weight excluding hydrogens is 342 g/mol. The van der Waals surface area contributed by atoms with Crippen LogP contribution in [0.25, 0.3) is 0 Å². The van der Waals surface area contributed by atoms with Gasteiger partial charge in [0.05, 0.1) is 0 Å². The van der Waals surface area contributed by atoms with Crippen molar-refractivity contribution >= 4 is 22.0 Å². The number of carbonyl (C=O) groups is 1. The van der Waals surface area contributed by atoms with Crippen LogP contribution in [0.15, 0.2) is 30.3 Å². The van der Waals surface area contributed by atoms with Crippen LogP contribution in [0, 0.1) is 0 Å². The molecule has 1 aromatic rings. The Morgan fingerprint density at radius 3 is 2.32 bits per heavy atom. The second-order valence-corrected chi connectivity index (χ2v) is 7.85. The zero-order chi connectivity index (χ0) is 16.2. The van der Waals surface area contributed by atoms with Gasteiger partial charge in [-0.2, -0.15) is 0 Å². The summed E-state index contributed by atoms with van der Waals surface area (Å²) < 4.78 is 5.49. The zero-order valence-corrected chi connectivity index (χ0v) is 15.4. The van der Waals surface area contributed by atoms with Gasteiger partial charge in [-0.25, -0.2) is 4.79 Å². The first-order valence-corrected chi connectivity index (χ1v) is 9.08. The van der Waals surface area contributed by atoms with E-state index in [1.807, 2.05) is 25.7 Å². The molecule has 0 unspecified atom stereocenters. The summed E-state index contributed by atoms with van der Waals surface area (Å²) in [6.45, 7) is 7.25. The number of amides is 1. The van der Waals surface area contributed by atoms with Gasteiger partial charge in [0.1, 0.15) is 5.60 Å². The molecule has 0 aromatic heterocycles. The number of rotatable bonds is 3. The Balaban J connectivity index is 2.06. The number of nitrogens with zero attached hydrogens (tertiary/aromatic N) is 1.